The van der Waals surface area contributed by atoms with Gasteiger partial charge in [-0.15, -0.1) is 11.3 Å². The molecule has 0 N–H and O–H groups in total. The summed E-state index contributed by atoms with van der Waals surface area (Å²) in [5, 5.41) is 3.52. The topological polar surface area (TPSA) is 36.4 Å². The van der Waals surface area contributed by atoms with Crippen molar-refractivity contribution in [2.75, 3.05) is 26.2 Å². The smallest absolute Gasteiger partial charge is 0.219 e. The van der Waals surface area contributed by atoms with Crippen molar-refractivity contribution in [3.05, 3.63) is 16.1 Å². The maximum absolute atomic E-state index is 11.3. The molecule has 4 nitrogen and oxygen atoms in total. The number of piperazine rings is 1. The summed E-state index contributed by atoms with van der Waals surface area (Å²) in [6.45, 7) is 6.26. The van der Waals surface area contributed by atoms with Gasteiger partial charge in [0, 0.05) is 44.4 Å². The quantitative estimate of drug-likeness (QED) is 0.861. The van der Waals surface area contributed by atoms with Crippen LogP contribution in [0.2, 0.25) is 0 Å². The number of carbonyl (C=O) groups excluding carboxylic acids is 1. The Hall–Kier alpha value is -0.940. The molecular weight excluding hydrogens is 282 g/mol. The standard InChI is InChI=1S/C16H25N3OS/c1-13(20)19-9-7-18(8-10-19)11-16-17-15(12-21-16)14-5-3-2-4-6-14/h12,14H,2-11H2,1H3. The molecule has 0 spiro atoms. The van der Waals surface area contributed by atoms with Gasteiger partial charge in [0.2, 0.25) is 5.91 Å². The van der Waals surface area contributed by atoms with E-state index >= 15 is 0 Å². The first-order valence-electron chi connectivity index (χ1n) is 8.14. The Kier molecular flexibility index (Phi) is 4.91. The van der Waals surface area contributed by atoms with E-state index in [1.165, 1.54) is 42.8 Å². The van der Waals surface area contributed by atoms with Crippen LogP contribution >= 0.6 is 11.3 Å². The van der Waals surface area contributed by atoms with Gasteiger partial charge in [0.1, 0.15) is 5.01 Å². The summed E-state index contributed by atoms with van der Waals surface area (Å²) < 4.78 is 0. The van der Waals surface area contributed by atoms with Crippen LogP contribution in [-0.2, 0) is 11.3 Å². The van der Waals surface area contributed by atoms with Crippen molar-refractivity contribution in [1.29, 1.82) is 0 Å². The highest BCUT2D eigenvalue weighted by atomic mass is 32.1. The number of carbonyl (C=O) groups is 1. The van der Waals surface area contributed by atoms with Crippen LogP contribution in [0.4, 0.5) is 0 Å². The predicted octanol–water partition coefficient (Wildman–Crippen LogP) is 2.85. The minimum atomic E-state index is 0.198. The summed E-state index contributed by atoms with van der Waals surface area (Å²) in [6, 6.07) is 0. The fourth-order valence-corrected chi connectivity index (χ4v) is 4.31. The van der Waals surface area contributed by atoms with E-state index in [9.17, 15) is 4.79 Å². The Morgan fingerprint density at radius 2 is 1.95 bits per heavy atom. The lowest BCUT2D eigenvalue weighted by Gasteiger charge is -2.33. The van der Waals surface area contributed by atoms with Gasteiger partial charge >= 0.3 is 0 Å². The summed E-state index contributed by atoms with van der Waals surface area (Å²) in [5.41, 5.74) is 1.33. The summed E-state index contributed by atoms with van der Waals surface area (Å²) in [6.07, 6.45) is 6.77. The molecule has 0 atom stereocenters. The van der Waals surface area contributed by atoms with Gasteiger partial charge in [-0.2, -0.15) is 0 Å². The number of amides is 1. The van der Waals surface area contributed by atoms with E-state index < -0.39 is 0 Å². The molecule has 2 fully saturated rings. The average molecular weight is 307 g/mol. The molecule has 2 aliphatic rings. The average Bonchev–Trinajstić information content (AvgIpc) is 2.97. The third-order valence-corrected chi connectivity index (χ3v) is 5.62. The SMILES string of the molecule is CC(=O)N1CCN(Cc2nc(C3CCCCC3)cs2)CC1. The molecule has 0 bridgehead atoms. The van der Waals surface area contributed by atoms with Crippen molar-refractivity contribution in [2.24, 2.45) is 0 Å². The number of thiazole rings is 1. The molecule has 1 saturated carbocycles. The van der Waals surface area contributed by atoms with E-state index in [1.807, 2.05) is 16.2 Å². The van der Waals surface area contributed by atoms with E-state index in [-0.39, 0.29) is 5.91 Å². The van der Waals surface area contributed by atoms with Gasteiger partial charge in [0.05, 0.1) is 12.2 Å². The normalized spacial score (nSPS) is 21.7. The number of aromatic nitrogens is 1. The number of hydrogen-bond acceptors (Lipinski definition) is 4. The van der Waals surface area contributed by atoms with Crippen molar-refractivity contribution >= 4 is 17.2 Å². The zero-order valence-electron chi connectivity index (χ0n) is 12.9. The largest absolute Gasteiger partial charge is 0.340 e. The maximum Gasteiger partial charge on any atom is 0.219 e. The predicted molar refractivity (Wildman–Crippen MR) is 85.5 cm³/mol. The van der Waals surface area contributed by atoms with Crippen molar-refractivity contribution < 1.29 is 4.79 Å². The molecule has 5 heteroatoms. The fraction of sp³-hybridized carbons (Fsp3) is 0.750. The summed E-state index contributed by atoms with van der Waals surface area (Å²) in [5.74, 6) is 0.904. The van der Waals surface area contributed by atoms with E-state index in [0.717, 1.165) is 32.7 Å². The first kappa shape index (κ1) is 15.0. The molecule has 1 aromatic heterocycles. The Morgan fingerprint density at radius 1 is 1.24 bits per heavy atom. The van der Waals surface area contributed by atoms with Crippen molar-refractivity contribution in [1.82, 2.24) is 14.8 Å². The highest BCUT2D eigenvalue weighted by Crippen LogP contribution is 2.33. The van der Waals surface area contributed by atoms with Gasteiger partial charge in [0.25, 0.3) is 0 Å². The number of rotatable bonds is 3. The first-order chi connectivity index (χ1) is 10.2. The minimum absolute atomic E-state index is 0.198. The molecule has 1 amide bonds. The highest BCUT2D eigenvalue weighted by Gasteiger charge is 2.21. The monoisotopic (exact) mass is 307 g/mol. The molecule has 1 saturated heterocycles. The molecule has 1 aromatic rings. The molecule has 3 rings (SSSR count). The second-order valence-corrected chi connectivity index (χ2v) is 7.23. The molecule has 0 unspecified atom stereocenters. The third-order valence-electron chi connectivity index (χ3n) is 4.77. The lowest BCUT2D eigenvalue weighted by atomic mass is 9.87. The van der Waals surface area contributed by atoms with E-state index in [0.29, 0.717) is 5.92 Å². The van der Waals surface area contributed by atoms with Gasteiger partial charge in [-0.25, -0.2) is 4.98 Å². The van der Waals surface area contributed by atoms with Crippen LogP contribution in [0.25, 0.3) is 0 Å². The van der Waals surface area contributed by atoms with Crippen molar-refractivity contribution in [3.63, 3.8) is 0 Å². The molecule has 0 radical (unpaired) electrons. The highest BCUT2D eigenvalue weighted by molar-refractivity contribution is 7.09. The van der Waals surface area contributed by atoms with Crippen LogP contribution < -0.4 is 0 Å². The molecule has 116 valence electrons. The molecular formula is C16H25N3OS. The van der Waals surface area contributed by atoms with Gasteiger partial charge in [-0.05, 0) is 12.8 Å². The van der Waals surface area contributed by atoms with Crippen molar-refractivity contribution in [2.45, 2.75) is 51.5 Å². The Bertz CT molecular complexity index is 474. The molecule has 2 heterocycles. The first-order valence-corrected chi connectivity index (χ1v) is 9.02. The van der Waals surface area contributed by atoms with E-state index in [2.05, 4.69) is 10.3 Å². The third kappa shape index (κ3) is 3.83. The van der Waals surface area contributed by atoms with E-state index in [4.69, 9.17) is 4.98 Å². The zero-order valence-corrected chi connectivity index (χ0v) is 13.7. The van der Waals surface area contributed by atoms with Crippen LogP contribution in [-0.4, -0.2) is 46.9 Å². The molecule has 1 aliphatic carbocycles. The molecule has 0 aromatic carbocycles. The summed E-state index contributed by atoms with van der Waals surface area (Å²) in [4.78, 5) is 20.6. The van der Waals surface area contributed by atoms with Gasteiger partial charge in [-0.1, -0.05) is 19.3 Å². The fourth-order valence-electron chi connectivity index (χ4n) is 3.40. The lowest BCUT2D eigenvalue weighted by molar-refractivity contribution is -0.130. The van der Waals surface area contributed by atoms with Crippen LogP contribution in [0.3, 0.4) is 0 Å². The number of hydrogen-bond donors (Lipinski definition) is 0. The van der Waals surface area contributed by atoms with Crippen LogP contribution in [0, 0.1) is 0 Å². The number of nitrogens with zero attached hydrogens (tertiary/aromatic N) is 3. The summed E-state index contributed by atoms with van der Waals surface area (Å²) in [7, 11) is 0. The molecule has 21 heavy (non-hydrogen) atoms. The Labute approximate surface area is 131 Å². The van der Waals surface area contributed by atoms with Gasteiger partial charge in [-0.3, -0.25) is 9.69 Å². The zero-order chi connectivity index (χ0) is 14.7. The second kappa shape index (κ2) is 6.88. The van der Waals surface area contributed by atoms with Crippen LogP contribution in [0.1, 0.15) is 55.6 Å². The maximum atomic E-state index is 11.3. The van der Waals surface area contributed by atoms with E-state index in [1.54, 1.807) is 6.92 Å². The van der Waals surface area contributed by atoms with Crippen LogP contribution in [0.5, 0.6) is 0 Å². The Morgan fingerprint density at radius 3 is 2.62 bits per heavy atom. The van der Waals surface area contributed by atoms with Gasteiger partial charge < -0.3 is 4.90 Å². The molecule has 1 aliphatic heterocycles. The second-order valence-electron chi connectivity index (χ2n) is 6.28. The van der Waals surface area contributed by atoms with Crippen molar-refractivity contribution in [3.8, 4) is 0 Å². The van der Waals surface area contributed by atoms with Crippen LogP contribution in [0.15, 0.2) is 5.38 Å². The minimum Gasteiger partial charge on any atom is -0.340 e. The summed E-state index contributed by atoms with van der Waals surface area (Å²) >= 11 is 1.81. The lowest BCUT2D eigenvalue weighted by Crippen LogP contribution is -2.47. The Balaban J connectivity index is 1.52. The van der Waals surface area contributed by atoms with Gasteiger partial charge in [0.15, 0.2) is 0 Å².